The van der Waals surface area contributed by atoms with Gasteiger partial charge in [-0.15, -0.1) is 11.8 Å². The Labute approximate surface area is 173 Å². The molecule has 1 aliphatic rings. The van der Waals surface area contributed by atoms with Crippen molar-refractivity contribution in [2.75, 3.05) is 18.8 Å². The highest BCUT2D eigenvalue weighted by Crippen LogP contribution is 2.26. The molecule has 2 aromatic heterocycles. The quantitative estimate of drug-likeness (QED) is 0.638. The van der Waals surface area contributed by atoms with E-state index in [4.69, 9.17) is 0 Å². The Bertz CT molecular complexity index is 793. The molecular formula is C22H36N4OS. The van der Waals surface area contributed by atoms with Crippen LogP contribution in [0.1, 0.15) is 53.0 Å². The third kappa shape index (κ3) is 7.32. The number of hydrogen-bond donors (Lipinski definition) is 2. The minimum Gasteiger partial charge on any atom is -0.355 e. The molecule has 6 heteroatoms. The summed E-state index contributed by atoms with van der Waals surface area (Å²) in [5.74, 6) is 1.81. The molecule has 2 N–H and O–H groups in total. The van der Waals surface area contributed by atoms with Gasteiger partial charge in [0.15, 0.2) is 0 Å². The molecule has 28 heavy (non-hydrogen) atoms. The molecule has 0 unspecified atom stereocenters. The molecule has 3 rings (SSSR count). The van der Waals surface area contributed by atoms with Crippen molar-refractivity contribution in [3.63, 3.8) is 0 Å². The van der Waals surface area contributed by atoms with Gasteiger partial charge in [0.05, 0.1) is 11.8 Å². The third-order valence-electron chi connectivity index (χ3n) is 4.17. The third-order valence-corrected chi connectivity index (χ3v) is 5.31. The molecular weight excluding hydrogens is 368 g/mol. The molecule has 0 aliphatic carbocycles. The van der Waals surface area contributed by atoms with E-state index in [9.17, 15) is 4.79 Å². The van der Waals surface area contributed by atoms with E-state index in [0.29, 0.717) is 11.4 Å². The highest BCUT2D eigenvalue weighted by atomic mass is 32.2. The largest absolute Gasteiger partial charge is 0.355 e. The van der Waals surface area contributed by atoms with E-state index in [0.717, 1.165) is 41.4 Å². The van der Waals surface area contributed by atoms with Crippen molar-refractivity contribution < 1.29 is 0 Å². The molecule has 3 heterocycles. The summed E-state index contributed by atoms with van der Waals surface area (Å²) in [5.41, 5.74) is 2.33. The van der Waals surface area contributed by atoms with Gasteiger partial charge in [0.25, 0.3) is 5.56 Å². The summed E-state index contributed by atoms with van der Waals surface area (Å²) in [5, 5.41) is 0. The van der Waals surface area contributed by atoms with E-state index in [2.05, 4.69) is 46.4 Å². The molecule has 0 saturated carbocycles. The van der Waals surface area contributed by atoms with Crippen molar-refractivity contribution >= 4 is 22.8 Å². The number of nitrogens with one attached hydrogen (secondary N) is 2. The zero-order chi connectivity index (χ0) is 20.9. The Balaban J connectivity index is 0.000000717. The van der Waals surface area contributed by atoms with Crippen LogP contribution in [0.25, 0.3) is 11.0 Å². The van der Waals surface area contributed by atoms with Crippen molar-refractivity contribution in [2.45, 2.75) is 54.0 Å². The lowest BCUT2D eigenvalue weighted by Gasteiger charge is -2.15. The van der Waals surface area contributed by atoms with Crippen LogP contribution in [0.3, 0.4) is 0 Å². The fourth-order valence-corrected chi connectivity index (χ4v) is 3.97. The van der Waals surface area contributed by atoms with Crippen LogP contribution in [0.2, 0.25) is 0 Å². The fourth-order valence-electron chi connectivity index (χ4n) is 3.02. The molecule has 1 saturated heterocycles. The number of aromatic amines is 2. The maximum absolute atomic E-state index is 11.7. The van der Waals surface area contributed by atoms with Gasteiger partial charge in [0, 0.05) is 30.6 Å². The Kier molecular flexibility index (Phi) is 11.6. The van der Waals surface area contributed by atoms with Crippen LogP contribution < -0.4 is 5.56 Å². The van der Waals surface area contributed by atoms with E-state index in [1.165, 1.54) is 19.2 Å². The Morgan fingerprint density at radius 1 is 1.39 bits per heavy atom. The van der Waals surface area contributed by atoms with Crippen LogP contribution >= 0.6 is 11.8 Å². The minimum absolute atomic E-state index is 0.112. The topological polar surface area (TPSA) is 64.8 Å². The van der Waals surface area contributed by atoms with Crippen molar-refractivity contribution in [3.05, 3.63) is 52.1 Å². The molecule has 1 fully saturated rings. The average molecular weight is 405 g/mol. The Morgan fingerprint density at radius 2 is 2.11 bits per heavy atom. The number of likely N-dealkylation sites (tertiary alicyclic amines) is 1. The van der Waals surface area contributed by atoms with Gasteiger partial charge in [-0.3, -0.25) is 9.69 Å². The van der Waals surface area contributed by atoms with Crippen LogP contribution in [-0.4, -0.2) is 38.7 Å². The number of nitrogens with zero attached hydrogens (tertiary/aromatic N) is 2. The molecule has 0 aromatic carbocycles. The summed E-state index contributed by atoms with van der Waals surface area (Å²) in [6.45, 7) is 17.3. The number of thioether (sulfide) groups is 1. The van der Waals surface area contributed by atoms with Gasteiger partial charge in [-0.1, -0.05) is 52.8 Å². The first-order valence-electron chi connectivity index (χ1n) is 10.3. The van der Waals surface area contributed by atoms with Gasteiger partial charge in [-0.2, -0.15) is 0 Å². The summed E-state index contributed by atoms with van der Waals surface area (Å²) in [4.78, 5) is 25.2. The number of rotatable bonds is 6. The molecule has 1 atom stereocenters. The van der Waals surface area contributed by atoms with Crippen LogP contribution in [-0.2, 0) is 6.54 Å². The average Bonchev–Trinajstić information content (AvgIpc) is 3.31. The number of aromatic nitrogens is 3. The molecule has 5 nitrogen and oxygen atoms in total. The maximum atomic E-state index is 11.7. The summed E-state index contributed by atoms with van der Waals surface area (Å²) < 4.78 is 0. The van der Waals surface area contributed by atoms with Gasteiger partial charge >= 0.3 is 0 Å². The Morgan fingerprint density at radius 3 is 2.79 bits per heavy atom. The zero-order valence-electron chi connectivity index (χ0n) is 18.0. The van der Waals surface area contributed by atoms with Gasteiger partial charge in [-0.05, 0) is 30.7 Å². The first-order valence-corrected chi connectivity index (χ1v) is 11.3. The highest BCUT2D eigenvalue weighted by Gasteiger charge is 2.23. The second kappa shape index (κ2) is 13.4. The molecule has 0 amide bonds. The van der Waals surface area contributed by atoms with Crippen molar-refractivity contribution in [1.82, 2.24) is 19.9 Å². The molecule has 2 aromatic rings. The monoisotopic (exact) mass is 404 g/mol. The first kappa shape index (κ1) is 24.2. The maximum Gasteiger partial charge on any atom is 0.275 e. The molecule has 1 aliphatic heterocycles. The minimum atomic E-state index is -0.112. The van der Waals surface area contributed by atoms with Crippen LogP contribution in [0.15, 0.2) is 41.0 Å². The van der Waals surface area contributed by atoms with Gasteiger partial charge in [0.1, 0.15) is 5.52 Å². The van der Waals surface area contributed by atoms with E-state index in [1.54, 1.807) is 0 Å². The predicted molar refractivity (Wildman–Crippen MR) is 124 cm³/mol. The Hall–Kier alpha value is -1.79. The summed E-state index contributed by atoms with van der Waals surface area (Å²) >= 11 is 1.84. The van der Waals surface area contributed by atoms with E-state index in [-0.39, 0.29) is 5.56 Å². The van der Waals surface area contributed by atoms with Crippen molar-refractivity contribution in [3.8, 4) is 0 Å². The smallest absolute Gasteiger partial charge is 0.275 e. The van der Waals surface area contributed by atoms with E-state index in [1.807, 2.05) is 44.8 Å². The van der Waals surface area contributed by atoms with Crippen molar-refractivity contribution in [2.24, 2.45) is 5.92 Å². The van der Waals surface area contributed by atoms with Crippen LogP contribution in [0.4, 0.5) is 0 Å². The predicted octanol–water partition coefficient (Wildman–Crippen LogP) is 5.34. The second-order valence-corrected chi connectivity index (χ2v) is 7.79. The summed E-state index contributed by atoms with van der Waals surface area (Å²) in [7, 11) is 0. The van der Waals surface area contributed by atoms with E-state index < -0.39 is 0 Å². The molecule has 0 spiro atoms. The zero-order valence-corrected chi connectivity index (χ0v) is 18.9. The van der Waals surface area contributed by atoms with Crippen molar-refractivity contribution in [1.29, 1.82) is 0 Å². The molecule has 0 radical (unpaired) electrons. The number of allylic oxidation sites excluding steroid dienone is 2. The summed E-state index contributed by atoms with van der Waals surface area (Å²) in [6, 6.07) is 0. The molecule has 0 bridgehead atoms. The van der Waals surface area contributed by atoms with Crippen LogP contribution in [0, 0.1) is 5.92 Å². The standard InChI is InChI=1S/C17H22N4OS.C3H8.C2H6/c1-3-4-12(2)23-10-13-5-6-21(8-13)9-14-7-18-16-15(14)19-11-20-17(16)22;1-3-2;1-2/h3-4,7,11,13,18H,2,5-6,8-10H2,1H3,(H,19,20,22);3H2,1-2H3;1-2H3/b4-3-;;/t13-;;/m1../s1. The second-order valence-electron chi connectivity index (χ2n) is 6.64. The number of H-pyrrole nitrogens is 2. The summed E-state index contributed by atoms with van der Waals surface area (Å²) in [6.07, 6.45) is 9.93. The lowest BCUT2D eigenvalue weighted by molar-refractivity contribution is 0.322. The normalized spacial score (nSPS) is 16.5. The lowest BCUT2D eigenvalue weighted by Crippen LogP contribution is -2.20. The fraction of sp³-hybridized carbons (Fsp3) is 0.545. The first-order chi connectivity index (χ1) is 13.6. The van der Waals surface area contributed by atoms with E-state index >= 15 is 0 Å². The van der Waals surface area contributed by atoms with Gasteiger partial charge in [0.2, 0.25) is 0 Å². The van der Waals surface area contributed by atoms with Crippen LogP contribution in [0.5, 0.6) is 0 Å². The number of hydrogen-bond acceptors (Lipinski definition) is 4. The SMILES string of the molecule is C=C(/C=C\C)SC[C@@H]1CCN(Cc2c[nH]c3c(=O)[nH]cnc23)C1.CC.CCC. The van der Waals surface area contributed by atoms with Gasteiger partial charge in [-0.25, -0.2) is 4.98 Å². The highest BCUT2D eigenvalue weighted by molar-refractivity contribution is 8.03. The molecule has 156 valence electrons. The van der Waals surface area contributed by atoms with Gasteiger partial charge < -0.3 is 9.97 Å². The lowest BCUT2D eigenvalue weighted by atomic mass is 10.2. The number of fused-ring (bicyclic) bond motifs is 1.